The highest BCUT2D eigenvalue weighted by Crippen LogP contribution is 2.42. The van der Waals surface area contributed by atoms with E-state index in [0.29, 0.717) is 40.7 Å². The zero-order valence-corrected chi connectivity index (χ0v) is 30.0. The van der Waals surface area contributed by atoms with E-state index in [1.54, 1.807) is 42.4 Å². The first kappa shape index (κ1) is 36.1. The number of halogens is 2. The largest absolute Gasteiger partial charge is 0.329 e. The Balaban J connectivity index is 0.000000165. The molecule has 1 aromatic carbocycles. The van der Waals surface area contributed by atoms with E-state index in [1.807, 2.05) is 25.1 Å². The Kier molecular flexibility index (Phi) is 9.94. The number of aromatic nitrogens is 6. The lowest BCUT2D eigenvalue weighted by atomic mass is 9.85. The molecule has 13 nitrogen and oxygen atoms in total. The van der Waals surface area contributed by atoms with E-state index in [9.17, 15) is 28.0 Å². The van der Waals surface area contributed by atoms with Gasteiger partial charge in [-0.1, -0.05) is 37.5 Å². The monoisotopic (exact) mass is 727 g/mol. The van der Waals surface area contributed by atoms with Gasteiger partial charge < -0.3 is 10.2 Å². The summed E-state index contributed by atoms with van der Waals surface area (Å²) in [4.78, 5) is 59.2. The summed E-state index contributed by atoms with van der Waals surface area (Å²) in [5.74, 6) is -4.58. The first-order valence-corrected chi connectivity index (χ1v) is 18.1. The van der Waals surface area contributed by atoms with Crippen LogP contribution in [0.25, 0.3) is 21.9 Å². The highest BCUT2D eigenvalue weighted by atomic mass is 19.3. The number of anilines is 1. The maximum atomic E-state index is 14.8. The maximum Gasteiger partial charge on any atom is 0.329 e. The summed E-state index contributed by atoms with van der Waals surface area (Å²) in [6, 6.07) is 11.9. The summed E-state index contributed by atoms with van der Waals surface area (Å²) in [6.45, 7) is 2.06. The Labute approximate surface area is 304 Å². The smallest absolute Gasteiger partial charge is 0.305 e. The second-order valence-electron chi connectivity index (χ2n) is 14.4. The lowest BCUT2D eigenvalue weighted by Crippen LogP contribution is -2.45. The Morgan fingerprint density at radius 2 is 1.77 bits per heavy atom. The fraction of sp³-hybridized carbons (Fsp3) is 0.447. The third-order valence-electron chi connectivity index (χ3n) is 10.5. The molecule has 3 fully saturated rings. The SMILES string of the molecule is CN1CCC(c2cccc3c2n(C)c(=O)n3C2CCC(=O)NC2=O)C(F)(F)C1.Cc1cccc(C(=O)Nc2cc3cn(C4CCCCC4)nc3cn2)n1. The highest BCUT2D eigenvalue weighted by Gasteiger charge is 2.45. The molecule has 2 unspecified atom stereocenters. The van der Waals surface area contributed by atoms with Crippen molar-refractivity contribution in [1.82, 2.24) is 39.1 Å². The lowest BCUT2D eigenvalue weighted by molar-refractivity contribution is -0.135. The van der Waals surface area contributed by atoms with Crippen molar-refractivity contribution >= 4 is 45.5 Å². The molecule has 3 aliphatic rings. The summed E-state index contributed by atoms with van der Waals surface area (Å²) in [5.41, 5.74) is 2.89. The van der Waals surface area contributed by atoms with Gasteiger partial charge in [-0.05, 0) is 76.0 Å². The van der Waals surface area contributed by atoms with Gasteiger partial charge in [0.15, 0.2) is 0 Å². The van der Waals surface area contributed by atoms with Crippen molar-refractivity contribution in [2.24, 2.45) is 7.05 Å². The van der Waals surface area contributed by atoms with Gasteiger partial charge in [-0.15, -0.1) is 0 Å². The van der Waals surface area contributed by atoms with Gasteiger partial charge in [-0.2, -0.15) is 5.10 Å². The maximum absolute atomic E-state index is 14.8. The van der Waals surface area contributed by atoms with Crippen LogP contribution in [0.1, 0.15) is 91.1 Å². The Morgan fingerprint density at radius 1 is 1.00 bits per heavy atom. The van der Waals surface area contributed by atoms with E-state index in [1.165, 1.54) is 48.3 Å². The molecule has 4 aromatic heterocycles. The van der Waals surface area contributed by atoms with E-state index in [4.69, 9.17) is 0 Å². The van der Waals surface area contributed by atoms with Crippen molar-refractivity contribution < 1.29 is 23.2 Å². The first-order valence-electron chi connectivity index (χ1n) is 18.1. The number of imide groups is 1. The Bertz CT molecular complexity index is 2260. The van der Waals surface area contributed by atoms with Gasteiger partial charge in [0.1, 0.15) is 23.1 Å². The normalized spacial score (nSPS) is 20.9. The Hall–Kier alpha value is -5.31. The molecule has 8 rings (SSSR count). The second-order valence-corrected chi connectivity index (χ2v) is 14.4. The third-order valence-corrected chi connectivity index (χ3v) is 10.5. The van der Waals surface area contributed by atoms with Crippen molar-refractivity contribution in [1.29, 1.82) is 0 Å². The van der Waals surface area contributed by atoms with Crippen LogP contribution >= 0.6 is 0 Å². The average Bonchev–Trinajstić information content (AvgIpc) is 3.66. The average molecular weight is 728 g/mol. The number of rotatable bonds is 5. The summed E-state index contributed by atoms with van der Waals surface area (Å²) >= 11 is 0. The number of likely N-dealkylation sites (tertiary alicyclic amines) is 1. The lowest BCUT2D eigenvalue weighted by Gasteiger charge is -2.37. The molecule has 0 spiro atoms. The van der Waals surface area contributed by atoms with E-state index in [-0.39, 0.29) is 37.6 Å². The fourth-order valence-electron chi connectivity index (χ4n) is 7.87. The molecular formula is C38H43F2N9O4. The van der Waals surface area contributed by atoms with Crippen LogP contribution < -0.4 is 16.3 Å². The Morgan fingerprint density at radius 3 is 2.51 bits per heavy atom. The number of nitrogens with one attached hydrogen (secondary N) is 2. The number of imidazole rings is 1. The topological polar surface area (TPSA) is 149 Å². The van der Waals surface area contributed by atoms with Crippen molar-refractivity contribution in [3.8, 4) is 0 Å². The quantitative estimate of drug-likeness (QED) is 0.233. The van der Waals surface area contributed by atoms with E-state index in [0.717, 1.165) is 16.6 Å². The summed E-state index contributed by atoms with van der Waals surface area (Å²) < 4.78 is 34.3. The van der Waals surface area contributed by atoms with E-state index >= 15 is 0 Å². The van der Waals surface area contributed by atoms with Gasteiger partial charge in [0.2, 0.25) is 11.8 Å². The van der Waals surface area contributed by atoms with Gasteiger partial charge in [0, 0.05) is 30.7 Å². The zero-order valence-electron chi connectivity index (χ0n) is 30.0. The van der Waals surface area contributed by atoms with Gasteiger partial charge >= 0.3 is 5.69 Å². The predicted molar refractivity (Wildman–Crippen MR) is 195 cm³/mol. The van der Waals surface area contributed by atoms with Gasteiger partial charge in [-0.3, -0.25) is 33.5 Å². The molecule has 5 aromatic rings. The standard InChI is InChI=1S/C19H22F2N4O3.C19H21N5O/c1-23-9-8-12(19(20,21)10-23)11-4-3-5-13-16(11)24(2)18(28)25(13)14-6-7-15(26)22-17(14)27;1-13-6-5-9-16(21-13)19(25)22-18-10-14-12-24(23-17(14)11-20-18)15-7-3-2-4-8-15/h3-5,12,14H,6-10H2,1-2H3,(H,22,26,27);5-6,9-12,15H,2-4,7-8H2,1H3,(H,22,25). The van der Waals surface area contributed by atoms with E-state index < -0.39 is 29.5 Å². The number of alkyl halides is 2. The molecule has 2 saturated heterocycles. The number of carbonyl (C=O) groups excluding carboxylic acids is 3. The van der Waals surface area contributed by atoms with Crippen molar-refractivity contribution in [3.63, 3.8) is 0 Å². The number of hydrogen-bond acceptors (Lipinski definition) is 8. The van der Waals surface area contributed by atoms with Crippen molar-refractivity contribution in [2.75, 3.05) is 25.5 Å². The molecule has 15 heteroatoms. The number of benzene rings is 1. The third kappa shape index (κ3) is 7.34. The van der Waals surface area contributed by atoms with Crippen LogP contribution in [0.5, 0.6) is 0 Å². The molecule has 53 heavy (non-hydrogen) atoms. The van der Waals surface area contributed by atoms with Crippen molar-refractivity contribution in [2.45, 2.75) is 82.2 Å². The van der Waals surface area contributed by atoms with Crippen LogP contribution in [0, 0.1) is 6.92 Å². The molecule has 0 radical (unpaired) electrons. The summed E-state index contributed by atoms with van der Waals surface area (Å²) in [5, 5.41) is 10.7. The number of pyridine rings is 2. The van der Waals surface area contributed by atoms with Crippen LogP contribution in [-0.2, 0) is 16.6 Å². The molecule has 1 saturated carbocycles. The molecule has 2 aliphatic heterocycles. The van der Waals surface area contributed by atoms with Crippen LogP contribution in [-0.4, -0.2) is 77.6 Å². The molecular weight excluding hydrogens is 684 g/mol. The van der Waals surface area contributed by atoms with Gasteiger partial charge in [0.25, 0.3) is 11.8 Å². The molecule has 6 heterocycles. The van der Waals surface area contributed by atoms with Crippen molar-refractivity contribution in [3.05, 3.63) is 82.3 Å². The first-order chi connectivity index (χ1) is 25.4. The molecule has 2 N–H and O–H groups in total. The number of carbonyl (C=O) groups is 3. The molecule has 2 atom stereocenters. The summed E-state index contributed by atoms with van der Waals surface area (Å²) in [6.07, 6.45) is 10.6. The molecule has 3 amide bonds. The van der Waals surface area contributed by atoms with Gasteiger partial charge in [0.05, 0.1) is 35.7 Å². The molecule has 278 valence electrons. The summed E-state index contributed by atoms with van der Waals surface area (Å²) in [7, 11) is 3.20. The molecule has 0 bridgehead atoms. The van der Waals surface area contributed by atoms with Crippen LogP contribution in [0.2, 0.25) is 0 Å². The fourth-order valence-corrected chi connectivity index (χ4v) is 7.87. The number of nitrogens with zero attached hydrogens (tertiary/aromatic N) is 7. The minimum Gasteiger partial charge on any atom is -0.305 e. The second kappa shape index (κ2) is 14.6. The molecule has 1 aliphatic carbocycles. The minimum absolute atomic E-state index is 0.131. The number of fused-ring (bicyclic) bond motifs is 2. The van der Waals surface area contributed by atoms with E-state index in [2.05, 4.69) is 36.6 Å². The number of hydrogen-bond donors (Lipinski definition) is 2. The number of amides is 3. The number of aryl methyl sites for hydroxylation is 2. The highest BCUT2D eigenvalue weighted by molar-refractivity contribution is 6.03. The van der Waals surface area contributed by atoms with Crippen LogP contribution in [0.3, 0.4) is 0 Å². The van der Waals surface area contributed by atoms with Gasteiger partial charge in [-0.25, -0.2) is 23.5 Å². The number of piperidine rings is 2. The number of para-hydroxylation sites is 1. The zero-order chi connectivity index (χ0) is 37.4. The van der Waals surface area contributed by atoms with Crippen LogP contribution in [0.15, 0.2) is 59.7 Å². The minimum atomic E-state index is -2.92. The van der Waals surface area contributed by atoms with Crippen LogP contribution in [0.4, 0.5) is 14.6 Å². The predicted octanol–water partition coefficient (Wildman–Crippen LogP) is 5.26.